The van der Waals surface area contributed by atoms with E-state index in [0.717, 1.165) is 0 Å². The number of hydrogen-bond acceptors (Lipinski definition) is 6. The molecule has 19 heavy (non-hydrogen) atoms. The van der Waals surface area contributed by atoms with Crippen molar-refractivity contribution in [2.45, 2.75) is 16.5 Å². The largest absolute Gasteiger partial charge is 0.369 e. The maximum Gasteiger partial charge on any atom is 0.230 e. The van der Waals surface area contributed by atoms with Gasteiger partial charge in [-0.2, -0.15) is 0 Å². The average molecular weight is 298 g/mol. The molecule has 2 rings (SSSR count). The summed E-state index contributed by atoms with van der Waals surface area (Å²) in [7, 11) is 0. The van der Waals surface area contributed by atoms with Crippen molar-refractivity contribution in [3.8, 4) is 0 Å². The highest BCUT2D eigenvalue weighted by Gasteiger charge is 2.14. The van der Waals surface area contributed by atoms with E-state index in [2.05, 4.69) is 15.5 Å². The lowest BCUT2D eigenvalue weighted by atomic mass is 10.3. The monoisotopic (exact) mass is 298 g/mol. The first-order valence-electron chi connectivity index (χ1n) is 5.36. The van der Waals surface area contributed by atoms with Crippen molar-refractivity contribution in [1.29, 1.82) is 0 Å². The number of nitrogens with two attached hydrogens (primary N) is 1. The summed E-state index contributed by atoms with van der Waals surface area (Å²) in [4.78, 5) is 10.9. The molecule has 8 heteroatoms. The van der Waals surface area contributed by atoms with Gasteiger partial charge in [0.2, 0.25) is 11.0 Å². The van der Waals surface area contributed by atoms with E-state index < -0.39 is 5.91 Å². The number of carbonyl (C=O) groups excluding carboxylic acids is 1. The fourth-order valence-electron chi connectivity index (χ4n) is 1.21. The first-order chi connectivity index (χ1) is 9.04. The standard InChI is InChI=1S/C11H11FN4OS2/c1-6(9(13)17)18-11-16-15-10(19-11)14-8-4-2-3-7(12)5-8/h2-6H,1H3,(H2,13,17)(H,14,15)/t6-/m1/s1. The summed E-state index contributed by atoms with van der Waals surface area (Å²) in [6.07, 6.45) is 0. The Morgan fingerprint density at radius 2 is 2.32 bits per heavy atom. The summed E-state index contributed by atoms with van der Waals surface area (Å²) in [6, 6.07) is 6.05. The Hall–Kier alpha value is -1.67. The van der Waals surface area contributed by atoms with E-state index in [1.807, 2.05) is 0 Å². The Balaban J connectivity index is 2.03. The smallest absolute Gasteiger partial charge is 0.230 e. The summed E-state index contributed by atoms with van der Waals surface area (Å²) >= 11 is 2.52. The van der Waals surface area contributed by atoms with Crippen LogP contribution in [-0.4, -0.2) is 21.4 Å². The van der Waals surface area contributed by atoms with E-state index in [9.17, 15) is 9.18 Å². The first-order valence-corrected chi connectivity index (χ1v) is 7.06. The zero-order valence-corrected chi connectivity index (χ0v) is 11.6. The molecule has 0 saturated carbocycles. The zero-order valence-electron chi connectivity index (χ0n) is 9.96. The summed E-state index contributed by atoms with van der Waals surface area (Å²) in [5, 5.41) is 10.9. The third-order valence-corrected chi connectivity index (χ3v) is 4.20. The van der Waals surface area contributed by atoms with Crippen LogP contribution >= 0.6 is 23.1 Å². The molecule has 2 aromatic rings. The van der Waals surface area contributed by atoms with Crippen LogP contribution in [-0.2, 0) is 4.79 Å². The van der Waals surface area contributed by atoms with E-state index in [1.54, 1.807) is 19.1 Å². The summed E-state index contributed by atoms with van der Waals surface area (Å²) in [5.74, 6) is -0.730. The van der Waals surface area contributed by atoms with E-state index >= 15 is 0 Å². The lowest BCUT2D eigenvalue weighted by Gasteiger charge is -2.02. The fraction of sp³-hybridized carbons (Fsp3) is 0.182. The number of rotatable bonds is 5. The Morgan fingerprint density at radius 1 is 1.53 bits per heavy atom. The van der Waals surface area contributed by atoms with E-state index in [4.69, 9.17) is 5.73 Å². The zero-order chi connectivity index (χ0) is 13.8. The van der Waals surface area contributed by atoms with Crippen molar-refractivity contribution in [1.82, 2.24) is 10.2 Å². The number of anilines is 2. The van der Waals surface area contributed by atoms with Crippen LogP contribution in [0, 0.1) is 5.82 Å². The van der Waals surface area contributed by atoms with E-state index in [-0.39, 0.29) is 11.1 Å². The number of nitrogens with one attached hydrogen (secondary N) is 1. The topological polar surface area (TPSA) is 80.9 Å². The quantitative estimate of drug-likeness (QED) is 0.828. The minimum absolute atomic E-state index is 0.327. The van der Waals surface area contributed by atoms with Gasteiger partial charge in [-0.05, 0) is 25.1 Å². The van der Waals surface area contributed by atoms with Crippen LogP contribution in [0.1, 0.15) is 6.92 Å². The summed E-state index contributed by atoms with van der Waals surface area (Å²) in [5.41, 5.74) is 5.76. The minimum atomic E-state index is -0.403. The van der Waals surface area contributed by atoms with Crippen molar-refractivity contribution < 1.29 is 9.18 Å². The number of nitrogens with zero attached hydrogens (tertiary/aromatic N) is 2. The maximum absolute atomic E-state index is 13.0. The number of benzene rings is 1. The molecule has 1 atom stereocenters. The second-order valence-corrected chi connectivity index (χ2v) is 6.24. The van der Waals surface area contributed by atoms with Crippen LogP contribution in [0.25, 0.3) is 0 Å². The Bertz CT molecular complexity index is 590. The van der Waals surface area contributed by atoms with Gasteiger partial charge in [-0.1, -0.05) is 29.2 Å². The predicted octanol–water partition coefficient (Wildman–Crippen LogP) is 2.39. The van der Waals surface area contributed by atoms with Gasteiger partial charge < -0.3 is 11.1 Å². The van der Waals surface area contributed by atoms with Crippen LogP contribution < -0.4 is 11.1 Å². The average Bonchev–Trinajstić information content (AvgIpc) is 2.76. The Morgan fingerprint density at radius 3 is 3.00 bits per heavy atom. The highest BCUT2D eigenvalue weighted by atomic mass is 32.2. The SMILES string of the molecule is C[C@@H](Sc1nnc(Nc2cccc(F)c2)s1)C(N)=O. The van der Waals surface area contributed by atoms with Crippen LogP contribution in [0.15, 0.2) is 28.6 Å². The highest BCUT2D eigenvalue weighted by Crippen LogP contribution is 2.30. The highest BCUT2D eigenvalue weighted by molar-refractivity contribution is 8.02. The van der Waals surface area contributed by atoms with Crippen LogP contribution in [0.2, 0.25) is 0 Å². The molecule has 5 nitrogen and oxygen atoms in total. The molecule has 1 aromatic carbocycles. The number of amides is 1. The van der Waals surface area contributed by atoms with Crippen LogP contribution in [0.4, 0.5) is 15.2 Å². The molecule has 1 heterocycles. The molecule has 0 unspecified atom stereocenters. The van der Waals surface area contributed by atoms with Gasteiger partial charge in [0, 0.05) is 5.69 Å². The van der Waals surface area contributed by atoms with Gasteiger partial charge in [-0.25, -0.2) is 4.39 Å². The molecule has 0 fully saturated rings. The molecule has 0 bridgehead atoms. The molecule has 0 radical (unpaired) electrons. The predicted molar refractivity (Wildman–Crippen MR) is 74.1 cm³/mol. The van der Waals surface area contributed by atoms with Gasteiger partial charge in [-0.15, -0.1) is 10.2 Å². The van der Waals surface area contributed by atoms with Gasteiger partial charge in [0.15, 0.2) is 4.34 Å². The van der Waals surface area contributed by atoms with Gasteiger partial charge in [0.05, 0.1) is 5.25 Å². The molecule has 0 spiro atoms. The number of halogens is 1. The van der Waals surface area contributed by atoms with Crippen LogP contribution in [0.3, 0.4) is 0 Å². The molecule has 0 saturated heterocycles. The summed E-state index contributed by atoms with van der Waals surface area (Å²) in [6.45, 7) is 1.70. The molecule has 1 aromatic heterocycles. The van der Waals surface area contributed by atoms with Crippen molar-refractivity contribution >= 4 is 39.8 Å². The Kier molecular flexibility index (Phi) is 4.33. The van der Waals surface area contributed by atoms with Gasteiger partial charge in [-0.3, -0.25) is 4.79 Å². The molecular formula is C11H11FN4OS2. The molecule has 1 amide bonds. The first kappa shape index (κ1) is 13.8. The third-order valence-electron chi connectivity index (χ3n) is 2.16. The van der Waals surface area contributed by atoms with Gasteiger partial charge in [0.25, 0.3) is 0 Å². The molecule has 0 aliphatic heterocycles. The molecule has 0 aliphatic carbocycles. The molecule has 0 aliphatic rings. The number of hydrogen-bond donors (Lipinski definition) is 2. The third kappa shape index (κ3) is 3.90. The number of aromatic nitrogens is 2. The molecule has 3 N–H and O–H groups in total. The number of carbonyl (C=O) groups is 1. The summed E-state index contributed by atoms with van der Waals surface area (Å²) < 4.78 is 13.6. The van der Waals surface area contributed by atoms with Gasteiger partial charge >= 0.3 is 0 Å². The lowest BCUT2D eigenvalue weighted by molar-refractivity contribution is -0.117. The van der Waals surface area contributed by atoms with E-state index in [0.29, 0.717) is 15.2 Å². The second-order valence-electron chi connectivity index (χ2n) is 3.67. The van der Waals surface area contributed by atoms with Crippen LogP contribution in [0.5, 0.6) is 0 Å². The normalized spacial score (nSPS) is 12.1. The lowest BCUT2D eigenvalue weighted by Crippen LogP contribution is -2.22. The van der Waals surface area contributed by atoms with Crippen molar-refractivity contribution in [3.63, 3.8) is 0 Å². The van der Waals surface area contributed by atoms with E-state index in [1.165, 1.54) is 35.2 Å². The van der Waals surface area contributed by atoms with Gasteiger partial charge in [0.1, 0.15) is 5.82 Å². The maximum atomic E-state index is 13.0. The number of thioether (sulfide) groups is 1. The second kappa shape index (κ2) is 5.98. The fourth-order valence-corrected chi connectivity index (χ4v) is 3.07. The van der Waals surface area contributed by atoms with Crippen molar-refractivity contribution in [2.24, 2.45) is 5.73 Å². The Labute approximate surface area is 117 Å². The van der Waals surface area contributed by atoms with Crippen molar-refractivity contribution in [2.75, 3.05) is 5.32 Å². The minimum Gasteiger partial charge on any atom is -0.369 e. The number of primary amides is 1. The molecular weight excluding hydrogens is 287 g/mol. The molecule has 100 valence electrons. The van der Waals surface area contributed by atoms with Crippen molar-refractivity contribution in [3.05, 3.63) is 30.1 Å².